The van der Waals surface area contributed by atoms with Crippen molar-refractivity contribution in [2.75, 3.05) is 16.8 Å². The Balaban J connectivity index is 1.40. The lowest BCUT2D eigenvalue weighted by molar-refractivity contribution is -0.117. The predicted molar refractivity (Wildman–Crippen MR) is 111 cm³/mol. The van der Waals surface area contributed by atoms with E-state index >= 15 is 0 Å². The lowest BCUT2D eigenvalue weighted by Gasteiger charge is -2.17. The van der Waals surface area contributed by atoms with Gasteiger partial charge >= 0.3 is 6.03 Å². The zero-order valence-electron chi connectivity index (χ0n) is 15.2. The van der Waals surface area contributed by atoms with E-state index in [-0.39, 0.29) is 17.9 Å². The van der Waals surface area contributed by atoms with Gasteiger partial charge in [0.05, 0.1) is 6.54 Å². The second kappa shape index (κ2) is 8.22. The van der Waals surface area contributed by atoms with Crippen molar-refractivity contribution in [2.45, 2.75) is 18.9 Å². The lowest BCUT2D eigenvalue weighted by atomic mass is 9.99. The average Bonchev–Trinajstić information content (AvgIpc) is 3.37. The molecular formula is C21H20N4O2S. The first-order chi connectivity index (χ1) is 13.7. The Bertz CT molecular complexity index is 960. The number of nitrogens with one attached hydrogen (secondary N) is 2. The van der Waals surface area contributed by atoms with Gasteiger partial charge in [0.15, 0.2) is 0 Å². The van der Waals surface area contributed by atoms with Gasteiger partial charge in [-0.25, -0.2) is 9.78 Å². The molecule has 7 heteroatoms. The van der Waals surface area contributed by atoms with E-state index in [0.29, 0.717) is 25.3 Å². The number of thiophene rings is 1. The van der Waals surface area contributed by atoms with Gasteiger partial charge in [0, 0.05) is 41.7 Å². The summed E-state index contributed by atoms with van der Waals surface area (Å²) in [7, 11) is 0. The molecule has 1 aliphatic heterocycles. The SMILES string of the molecule is O=C(NCc1cccs1)Nc1cc(N2CC(c3ccccc3)CC2=O)ccn1. The highest BCUT2D eigenvalue weighted by Gasteiger charge is 2.31. The number of anilines is 2. The van der Waals surface area contributed by atoms with Gasteiger partial charge in [0.1, 0.15) is 5.82 Å². The van der Waals surface area contributed by atoms with Crippen LogP contribution in [0.25, 0.3) is 0 Å². The second-order valence-corrected chi connectivity index (χ2v) is 7.63. The van der Waals surface area contributed by atoms with Crippen LogP contribution in [0.5, 0.6) is 0 Å². The molecule has 1 aliphatic rings. The van der Waals surface area contributed by atoms with Gasteiger partial charge in [-0.05, 0) is 23.1 Å². The van der Waals surface area contributed by atoms with Crippen molar-refractivity contribution < 1.29 is 9.59 Å². The minimum absolute atomic E-state index is 0.0770. The third-order valence-corrected chi connectivity index (χ3v) is 5.57. The molecular weight excluding hydrogens is 372 g/mol. The van der Waals surface area contributed by atoms with E-state index in [2.05, 4.69) is 27.8 Å². The summed E-state index contributed by atoms with van der Waals surface area (Å²) in [4.78, 5) is 31.7. The lowest BCUT2D eigenvalue weighted by Crippen LogP contribution is -2.28. The number of amides is 3. The predicted octanol–water partition coefficient (Wildman–Crippen LogP) is 3.99. The highest BCUT2D eigenvalue weighted by molar-refractivity contribution is 7.09. The van der Waals surface area contributed by atoms with E-state index in [1.54, 1.807) is 34.6 Å². The van der Waals surface area contributed by atoms with Crippen molar-refractivity contribution in [3.63, 3.8) is 0 Å². The number of benzene rings is 1. The number of hydrogen-bond donors (Lipinski definition) is 2. The normalized spacial score (nSPS) is 16.2. The number of carbonyl (C=O) groups excluding carboxylic acids is 2. The van der Waals surface area contributed by atoms with Crippen molar-refractivity contribution in [1.29, 1.82) is 0 Å². The number of hydrogen-bond acceptors (Lipinski definition) is 4. The molecule has 28 heavy (non-hydrogen) atoms. The van der Waals surface area contributed by atoms with Crippen molar-refractivity contribution in [3.05, 3.63) is 76.6 Å². The molecule has 0 bridgehead atoms. The fourth-order valence-corrected chi connectivity index (χ4v) is 3.95. The first-order valence-electron chi connectivity index (χ1n) is 9.07. The molecule has 4 rings (SSSR count). The van der Waals surface area contributed by atoms with Gasteiger partial charge in [0.25, 0.3) is 0 Å². The summed E-state index contributed by atoms with van der Waals surface area (Å²) < 4.78 is 0. The molecule has 1 saturated heterocycles. The quantitative estimate of drug-likeness (QED) is 0.690. The molecule has 1 unspecified atom stereocenters. The minimum Gasteiger partial charge on any atom is -0.333 e. The monoisotopic (exact) mass is 392 g/mol. The second-order valence-electron chi connectivity index (χ2n) is 6.60. The number of nitrogens with zero attached hydrogens (tertiary/aromatic N) is 2. The van der Waals surface area contributed by atoms with Crippen LogP contribution in [-0.2, 0) is 11.3 Å². The van der Waals surface area contributed by atoms with Crippen LogP contribution >= 0.6 is 11.3 Å². The van der Waals surface area contributed by atoms with E-state index in [9.17, 15) is 9.59 Å². The molecule has 0 spiro atoms. The highest BCUT2D eigenvalue weighted by Crippen LogP contribution is 2.32. The Morgan fingerprint density at radius 1 is 1.18 bits per heavy atom. The largest absolute Gasteiger partial charge is 0.333 e. The van der Waals surface area contributed by atoms with E-state index in [1.165, 1.54) is 5.56 Å². The Morgan fingerprint density at radius 2 is 2.04 bits per heavy atom. The van der Waals surface area contributed by atoms with Crippen LogP contribution in [-0.4, -0.2) is 23.5 Å². The Morgan fingerprint density at radius 3 is 2.82 bits per heavy atom. The zero-order chi connectivity index (χ0) is 19.3. The van der Waals surface area contributed by atoms with Gasteiger partial charge in [-0.15, -0.1) is 11.3 Å². The molecule has 6 nitrogen and oxygen atoms in total. The Labute approximate surface area is 167 Å². The molecule has 1 atom stereocenters. The van der Waals surface area contributed by atoms with E-state index < -0.39 is 0 Å². The van der Waals surface area contributed by atoms with Gasteiger partial charge < -0.3 is 10.2 Å². The highest BCUT2D eigenvalue weighted by atomic mass is 32.1. The third kappa shape index (κ3) is 4.20. The molecule has 2 aromatic heterocycles. The molecule has 3 aromatic rings. The van der Waals surface area contributed by atoms with Crippen LogP contribution in [0.15, 0.2) is 66.2 Å². The van der Waals surface area contributed by atoms with E-state index in [0.717, 1.165) is 10.6 Å². The molecule has 1 fully saturated rings. The topological polar surface area (TPSA) is 74.3 Å². The van der Waals surface area contributed by atoms with Crippen LogP contribution in [0.3, 0.4) is 0 Å². The number of rotatable bonds is 5. The summed E-state index contributed by atoms with van der Waals surface area (Å²) in [5.41, 5.74) is 1.91. The van der Waals surface area contributed by atoms with Crippen LogP contribution < -0.4 is 15.5 Å². The molecule has 2 N–H and O–H groups in total. The van der Waals surface area contributed by atoms with Gasteiger partial charge in [-0.3, -0.25) is 10.1 Å². The first kappa shape index (κ1) is 18.2. The van der Waals surface area contributed by atoms with Gasteiger partial charge in [-0.1, -0.05) is 36.4 Å². The fourth-order valence-electron chi connectivity index (χ4n) is 3.30. The summed E-state index contributed by atoms with van der Waals surface area (Å²) in [6, 6.07) is 17.2. The zero-order valence-corrected chi connectivity index (χ0v) is 16.0. The Hall–Kier alpha value is -3.19. The smallest absolute Gasteiger partial charge is 0.320 e. The Kier molecular flexibility index (Phi) is 5.34. The summed E-state index contributed by atoms with van der Waals surface area (Å²) in [6.45, 7) is 1.09. The van der Waals surface area contributed by atoms with Crippen LogP contribution in [0.4, 0.5) is 16.3 Å². The standard InChI is InChI=1S/C21H20N4O2S/c26-20-11-16(15-5-2-1-3-6-15)14-25(20)17-8-9-22-19(12-17)24-21(27)23-13-18-7-4-10-28-18/h1-10,12,16H,11,13-14H2,(H2,22,23,24,27). The van der Waals surface area contributed by atoms with Gasteiger partial charge in [-0.2, -0.15) is 0 Å². The molecule has 0 saturated carbocycles. The van der Waals surface area contributed by atoms with Crippen molar-refractivity contribution in [3.8, 4) is 0 Å². The number of carbonyl (C=O) groups is 2. The van der Waals surface area contributed by atoms with E-state index in [4.69, 9.17) is 0 Å². The molecule has 0 radical (unpaired) electrons. The van der Waals surface area contributed by atoms with Crippen LogP contribution in [0, 0.1) is 0 Å². The molecule has 3 amide bonds. The van der Waals surface area contributed by atoms with Crippen LogP contribution in [0.2, 0.25) is 0 Å². The van der Waals surface area contributed by atoms with Crippen molar-refractivity contribution in [1.82, 2.24) is 10.3 Å². The maximum absolute atomic E-state index is 12.5. The summed E-state index contributed by atoms with van der Waals surface area (Å²) in [5, 5.41) is 7.50. The molecule has 0 aliphatic carbocycles. The maximum atomic E-state index is 12.5. The number of aromatic nitrogens is 1. The number of pyridine rings is 1. The summed E-state index contributed by atoms with van der Waals surface area (Å²) >= 11 is 1.59. The van der Waals surface area contributed by atoms with Crippen molar-refractivity contribution >= 4 is 34.8 Å². The molecule has 1 aromatic carbocycles. The van der Waals surface area contributed by atoms with Crippen LogP contribution in [0.1, 0.15) is 22.8 Å². The summed E-state index contributed by atoms with van der Waals surface area (Å²) in [5.74, 6) is 0.664. The minimum atomic E-state index is -0.326. The molecule has 142 valence electrons. The van der Waals surface area contributed by atoms with Crippen molar-refractivity contribution in [2.24, 2.45) is 0 Å². The fraction of sp³-hybridized carbons (Fsp3) is 0.190. The summed E-state index contributed by atoms with van der Waals surface area (Å²) in [6.07, 6.45) is 2.09. The third-order valence-electron chi connectivity index (χ3n) is 4.70. The van der Waals surface area contributed by atoms with Gasteiger partial charge in [0.2, 0.25) is 5.91 Å². The number of urea groups is 1. The maximum Gasteiger partial charge on any atom is 0.320 e. The van der Waals surface area contributed by atoms with E-state index in [1.807, 2.05) is 35.7 Å². The first-order valence-corrected chi connectivity index (χ1v) is 9.95. The average molecular weight is 392 g/mol. The molecule has 3 heterocycles.